The van der Waals surface area contributed by atoms with Crippen LogP contribution in [0.15, 0.2) is 53.0 Å². The second-order valence-corrected chi connectivity index (χ2v) is 6.65. The van der Waals surface area contributed by atoms with E-state index in [0.717, 1.165) is 29.4 Å². The maximum Gasteiger partial charge on any atom is 0.0806 e. The number of nitrogens with zero attached hydrogens (tertiary/aromatic N) is 1. The minimum atomic E-state index is -0.405. The minimum absolute atomic E-state index is 0.405. The average Bonchev–Trinajstić information content (AvgIpc) is 2.81. The zero-order valence-corrected chi connectivity index (χ0v) is 13.8. The van der Waals surface area contributed by atoms with E-state index in [4.69, 9.17) is 0 Å². The first-order valence-electron chi connectivity index (χ1n) is 7.43. The maximum atomic E-state index is 10.4. The lowest BCUT2D eigenvalue weighted by atomic mass is 10.1. The summed E-state index contributed by atoms with van der Waals surface area (Å²) in [6, 6.07) is 17.0. The van der Waals surface area contributed by atoms with E-state index in [-0.39, 0.29) is 0 Å². The molecule has 1 N–H and O–H groups in total. The SMILES string of the molecule is CC1Cc2ccccc2N1CCC(O)c1ccc(Br)cc1. The molecule has 110 valence electrons. The highest BCUT2D eigenvalue weighted by Crippen LogP contribution is 2.32. The van der Waals surface area contributed by atoms with Crippen molar-refractivity contribution in [1.29, 1.82) is 0 Å². The molecule has 2 nitrogen and oxygen atoms in total. The summed E-state index contributed by atoms with van der Waals surface area (Å²) in [6.45, 7) is 3.14. The number of hydrogen-bond donors (Lipinski definition) is 1. The van der Waals surface area contributed by atoms with Crippen LogP contribution < -0.4 is 4.90 Å². The molecule has 1 heterocycles. The Bertz CT molecular complexity index is 611. The molecule has 0 radical (unpaired) electrons. The third-order valence-corrected chi connectivity index (χ3v) is 4.78. The molecule has 2 aromatic carbocycles. The number of anilines is 1. The number of halogens is 1. The number of aliphatic hydroxyl groups excluding tert-OH is 1. The van der Waals surface area contributed by atoms with Gasteiger partial charge in [-0.25, -0.2) is 0 Å². The number of fused-ring (bicyclic) bond motifs is 1. The zero-order valence-electron chi connectivity index (χ0n) is 12.2. The topological polar surface area (TPSA) is 23.5 Å². The fourth-order valence-corrected chi connectivity index (χ4v) is 3.35. The fourth-order valence-electron chi connectivity index (χ4n) is 3.08. The third kappa shape index (κ3) is 3.14. The first-order chi connectivity index (χ1) is 10.1. The summed E-state index contributed by atoms with van der Waals surface area (Å²) < 4.78 is 1.04. The summed E-state index contributed by atoms with van der Waals surface area (Å²) in [5, 5.41) is 10.4. The zero-order chi connectivity index (χ0) is 14.8. The fraction of sp³-hybridized carbons (Fsp3) is 0.333. The molecule has 21 heavy (non-hydrogen) atoms. The van der Waals surface area contributed by atoms with Gasteiger partial charge < -0.3 is 10.0 Å². The van der Waals surface area contributed by atoms with Gasteiger partial charge in [-0.1, -0.05) is 46.3 Å². The van der Waals surface area contributed by atoms with Crippen molar-refractivity contribution in [3.8, 4) is 0 Å². The van der Waals surface area contributed by atoms with Gasteiger partial charge in [0.15, 0.2) is 0 Å². The summed E-state index contributed by atoms with van der Waals surface area (Å²) in [7, 11) is 0. The van der Waals surface area contributed by atoms with Gasteiger partial charge in [0.2, 0.25) is 0 Å². The van der Waals surface area contributed by atoms with Crippen LogP contribution in [0, 0.1) is 0 Å². The van der Waals surface area contributed by atoms with Crippen LogP contribution in [0.4, 0.5) is 5.69 Å². The van der Waals surface area contributed by atoms with Crippen molar-refractivity contribution in [1.82, 2.24) is 0 Å². The normalized spacial score (nSPS) is 18.6. The van der Waals surface area contributed by atoms with Gasteiger partial charge in [0.25, 0.3) is 0 Å². The van der Waals surface area contributed by atoms with Gasteiger partial charge in [0.05, 0.1) is 6.10 Å². The molecular formula is C18H20BrNO. The van der Waals surface area contributed by atoms with Crippen LogP contribution in [0.1, 0.15) is 30.6 Å². The molecule has 2 atom stereocenters. The molecule has 3 rings (SSSR count). The predicted molar refractivity (Wildman–Crippen MR) is 90.7 cm³/mol. The van der Waals surface area contributed by atoms with E-state index in [2.05, 4.69) is 52.0 Å². The van der Waals surface area contributed by atoms with Crippen LogP contribution in [0.25, 0.3) is 0 Å². The summed E-state index contributed by atoms with van der Waals surface area (Å²) >= 11 is 3.42. The Balaban J connectivity index is 1.66. The molecule has 1 aliphatic heterocycles. The number of hydrogen-bond acceptors (Lipinski definition) is 2. The minimum Gasteiger partial charge on any atom is -0.388 e. The summed E-state index contributed by atoms with van der Waals surface area (Å²) in [4.78, 5) is 2.41. The Hall–Kier alpha value is -1.32. The average molecular weight is 346 g/mol. The number of benzene rings is 2. The molecule has 0 fully saturated rings. The van der Waals surface area contributed by atoms with Crippen molar-refractivity contribution in [2.24, 2.45) is 0 Å². The quantitative estimate of drug-likeness (QED) is 0.891. The van der Waals surface area contributed by atoms with Crippen LogP contribution in [0.5, 0.6) is 0 Å². The molecule has 1 aliphatic rings. The van der Waals surface area contributed by atoms with Crippen LogP contribution in [-0.4, -0.2) is 17.7 Å². The van der Waals surface area contributed by atoms with Crippen molar-refractivity contribution < 1.29 is 5.11 Å². The standard InChI is InChI=1S/C18H20BrNO/c1-13-12-15-4-2-3-5-17(15)20(13)11-10-18(21)14-6-8-16(19)9-7-14/h2-9,13,18,21H,10-12H2,1H3. The van der Waals surface area contributed by atoms with Gasteiger partial charge in [-0.05, 0) is 49.1 Å². The predicted octanol–water partition coefficient (Wildman–Crippen LogP) is 4.32. The molecule has 0 saturated carbocycles. The molecule has 0 aromatic heterocycles. The van der Waals surface area contributed by atoms with Gasteiger partial charge in [-0.3, -0.25) is 0 Å². The number of rotatable bonds is 4. The van der Waals surface area contributed by atoms with Gasteiger partial charge in [0, 0.05) is 22.7 Å². The lowest BCUT2D eigenvalue weighted by molar-refractivity contribution is 0.169. The summed E-state index contributed by atoms with van der Waals surface area (Å²) in [6.07, 6.45) is 1.45. The molecule has 0 bridgehead atoms. The largest absolute Gasteiger partial charge is 0.388 e. The van der Waals surface area contributed by atoms with Gasteiger partial charge >= 0.3 is 0 Å². The lowest BCUT2D eigenvalue weighted by Gasteiger charge is -2.26. The monoisotopic (exact) mass is 345 g/mol. The van der Waals surface area contributed by atoms with E-state index in [1.165, 1.54) is 11.3 Å². The Labute approximate surface area is 134 Å². The molecule has 3 heteroatoms. The second-order valence-electron chi connectivity index (χ2n) is 5.73. The lowest BCUT2D eigenvalue weighted by Crippen LogP contribution is -2.31. The van der Waals surface area contributed by atoms with E-state index in [9.17, 15) is 5.11 Å². The van der Waals surface area contributed by atoms with Crippen molar-refractivity contribution in [3.63, 3.8) is 0 Å². The highest BCUT2D eigenvalue weighted by molar-refractivity contribution is 9.10. The smallest absolute Gasteiger partial charge is 0.0806 e. The highest BCUT2D eigenvalue weighted by atomic mass is 79.9. The molecule has 0 spiro atoms. The van der Waals surface area contributed by atoms with E-state index in [1.807, 2.05) is 24.3 Å². The van der Waals surface area contributed by atoms with Gasteiger partial charge in [0.1, 0.15) is 0 Å². The van der Waals surface area contributed by atoms with Crippen LogP contribution in [0.3, 0.4) is 0 Å². The van der Waals surface area contributed by atoms with Crippen molar-refractivity contribution in [3.05, 3.63) is 64.1 Å². The van der Waals surface area contributed by atoms with E-state index in [0.29, 0.717) is 6.04 Å². The van der Waals surface area contributed by atoms with Crippen molar-refractivity contribution in [2.45, 2.75) is 31.9 Å². The molecular weight excluding hydrogens is 326 g/mol. The Morgan fingerprint density at radius 2 is 1.90 bits per heavy atom. The summed E-state index contributed by atoms with van der Waals surface area (Å²) in [5.41, 5.74) is 3.73. The first kappa shape index (κ1) is 14.6. The maximum absolute atomic E-state index is 10.4. The Kier molecular flexibility index (Phi) is 4.32. The van der Waals surface area contributed by atoms with Gasteiger partial charge in [-0.2, -0.15) is 0 Å². The molecule has 0 amide bonds. The molecule has 2 aromatic rings. The van der Waals surface area contributed by atoms with E-state index >= 15 is 0 Å². The molecule has 0 aliphatic carbocycles. The van der Waals surface area contributed by atoms with Crippen LogP contribution in [0.2, 0.25) is 0 Å². The van der Waals surface area contributed by atoms with Crippen LogP contribution in [-0.2, 0) is 6.42 Å². The van der Waals surface area contributed by atoms with Crippen molar-refractivity contribution >= 4 is 21.6 Å². The second kappa shape index (κ2) is 6.20. The summed E-state index contributed by atoms with van der Waals surface area (Å²) in [5.74, 6) is 0. The van der Waals surface area contributed by atoms with Crippen molar-refractivity contribution in [2.75, 3.05) is 11.4 Å². The highest BCUT2D eigenvalue weighted by Gasteiger charge is 2.25. The third-order valence-electron chi connectivity index (χ3n) is 4.25. The Morgan fingerprint density at radius 1 is 1.19 bits per heavy atom. The number of aliphatic hydroxyl groups is 1. The first-order valence-corrected chi connectivity index (χ1v) is 8.22. The van der Waals surface area contributed by atoms with E-state index < -0.39 is 6.10 Å². The van der Waals surface area contributed by atoms with E-state index in [1.54, 1.807) is 0 Å². The molecule has 2 unspecified atom stereocenters. The van der Waals surface area contributed by atoms with Crippen LogP contribution >= 0.6 is 15.9 Å². The Morgan fingerprint density at radius 3 is 2.67 bits per heavy atom. The number of para-hydroxylation sites is 1. The molecule has 0 saturated heterocycles. The van der Waals surface area contributed by atoms with Gasteiger partial charge in [-0.15, -0.1) is 0 Å².